The summed E-state index contributed by atoms with van der Waals surface area (Å²) in [7, 11) is 0. The van der Waals surface area contributed by atoms with E-state index >= 15 is 0 Å². The fourth-order valence-electron chi connectivity index (χ4n) is 1.40. The van der Waals surface area contributed by atoms with E-state index in [1.165, 1.54) is 23.2 Å². The topological polar surface area (TPSA) is 55.1 Å². The van der Waals surface area contributed by atoms with Gasteiger partial charge in [-0.1, -0.05) is 22.0 Å². The van der Waals surface area contributed by atoms with E-state index in [4.69, 9.17) is 5.11 Å². The molecule has 0 aliphatic heterocycles. The normalized spacial score (nSPS) is 10.5. The van der Waals surface area contributed by atoms with Crippen LogP contribution in [0.1, 0.15) is 16.1 Å². The number of nitrogens with zero attached hydrogens (tertiary/aromatic N) is 2. The Balaban J connectivity index is 2.22. The highest BCUT2D eigenvalue weighted by molar-refractivity contribution is 9.10. The van der Waals surface area contributed by atoms with Gasteiger partial charge in [0.25, 0.3) is 0 Å². The van der Waals surface area contributed by atoms with Crippen LogP contribution in [0, 0.1) is 5.82 Å². The molecule has 0 atom stereocenters. The first-order valence-electron chi connectivity index (χ1n) is 4.75. The number of imidazole rings is 1. The van der Waals surface area contributed by atoms with Gasteiger partial charge in [0, 0.05) is 16.2 Å². The number of aromatic carboxylic acids is 1. The lowest BCUT2D eigenvalue weighted by Crippen LogP contribution is -2.00. The number of hydrogen-bond acceptors (Lipinski definition) is 2. The van der Waals surface area contributed by atoms with Crippen molar-refractivity contribution >= 4 is 21.9 Å². The number of aromatic nitrogens is 2. The van der Waals surface area contributed by atoms with Crippen LogP contribution in [0.3, 0.4) is 0 Å². The largest absolute Gasteiger partial charge is 0.476 e. The molecule has 1 heterocycles. The number of halogens is 2. The molecule has 6 heteroatoms. The number of rotatable bonds is 3. The summed E-state index contributed by atoms with van der Waals surface area (Å²) in [6, 6.07) is 4.73. The molecule has 0 spiro atoms. The number of carbonyl (C=O) groups is 1. The smallest absolute Gasteiger partial charge is 0.356 e. The van der Waals surface area contributed by atoms with Crippen molar-refractivity contribution in [2.75, 3.05) is 0 Å². The van der Waals surface area contributed by atoms with E-state index in [9.17, 15) is 9.18 Å². The highest BCUT2D eigenvalue weighted by Crippen LogP contribution is 2.16. The molecule has 2 rings (SSSR count). The first-order chi connectivity index (χ1) is 8.06. The van der Waals surface area contributed by atoms with Crippen LogP contribution in [0.15, 0.2) is 35.2 Å². The second-order valence-electron chi connectivity index (χ2n) is 3.47. The van der Waals surface area contributed by atoms with E-state index in [1.807, 2.05) is 0 Å². The third-order valence-electron chi connectivity index (χ3n) is 2.22. The monoisotopic (exact) mass is 298 g/mol. The summed E-state index contributed by atoms with van der Waals surface area (Å²) in [6.07, 6.45) is 2.73. The van der Waals surface area contributed by atoms with E-state index in [2.05, 4.69) is 20.9 Å². The highest BCUT2D eigenvalue weighted by atomic mass is 79.9. The summed E-state index contributed by atoms with van der Waals surface area (Å²) in [5.41, 5.74) is 0.421. The Morgan fingerprint density at radius 2 is 2.29 bits per heavy atom. The Morgan fingerprint density at radius 1 is 1.53 bits per heavy atom. The summed E-state index contributed by atoms with van der Waals surface area (Å²) in [5, 5.41) is 8.70. The molecule has 0 bridgehead atoms. The van der Waals surface area contributed by atoms with Gasteiger partial charge in [-0.3, -0.25) is 0 Å². The Hall–Kier alpha value is -1.69. The summed E-state index contributed by atoms with van der Waals surface area (Å²) in [6.45, 7) is 0.249. The molecule has 0 amide bonds. The first kappa shape index (κ1) is 11.8. The van der Waals surface area contributed by atoms with Crippen molar-refractivity contribution < 1.29 is 14.3 Å². The van der Waals surface area contributed by atoms with Crippen LogP contribution in [0.4, 0.5) is 4.39 Å². The van der Waals surface area contributed by atoms with Crippen LogP contribution in [-0.2, 0) is 6.54 Å². The maximum absolute atomic E-state index is 13.5. The second-order valence-corrected chi connectivity index (χ2v) is 4.39. The molecule has 0 saturated carbocycles. The molecule has 1 N–H and O–H groups in total. The third kappa shape index (κ3) is 2.71. The average molecular weight is 299 g/mol. The van der Waals surface area contributed by atoms with Crippen LogP contribution >= 0.6 is 15.9 Å². The fourth-order valence-corrected chi connectivity index (χ4v) is 1.74. The van der Waals surface area contributed by atoms with E-state index < -0.39 is 5.97 Å². The standard InChI is InChI=1S/C11H8BrFN2O2/c12-8-2-1-7(9(13)3-8)4-15-5-10(11(16)17)14-6-15/h1-3,5-6H,4H2,(H,16,17). The molecule has 1 aromatic carbocycles. The molecular weight excluding hydrogens is 291 g/mol. The van der Waals surface area contributed by atoms with Gasteiger partial charge in [-0.25, -0.2) is 14.2 Å². The summed E-state index contributed by atoms with van der Waals surface area (Å²) in [5.74, 6) is -1.44. The maximum atomic E-state index is 13.5. The van der Waals surface area contributed by atoms with Gasteiger partial charge < -0.3 is 9.67 Å². The van der Waals surface area contributed by atoms with Crippen LogP contribution in [0.2, 0.25) is 0 Å². The Labute approximate surface area is 105 Å². The van der Waals surface area contributed by atoms with Crippen LogP contribution in [-0.4, -0.2) is 20.6 Å². The molecule has 0 unspecified atom stereocenters. The van der Waals surface area contributed by atoms with Gasteiger partial charge in [0.15, 0.2) is 5.69 Å². The summed E-state index contributed by atoms with van der Waals surface area (Å²) >= 11 is 3.17. The zero-order valence-corrected chi connectivity index (χ0v) is 10.2. The lowest BCUT2D eigenvalue weighted by Gasteiger charge is -2.04. The Bertz CT molecular complexity index is 568. The van der Waals surface area contributed by atoms with Gasteiger partial charge in [0.2, 0.25) is 0 Å². The highest BCUT2D eigenvalue weighted by Gasteiger charge is 2.08. The Kier molecular flexibility index (Phi) is 3.23. The number of hydrogen-bond donors (Lipinski definition) is 1. The molecular formula is C11H8BrFN2O2. The van der Waals surface area contributed by atoms with Gasteiger partial charge in [-0.05, 0) is 12.1 Å². The zero-order valence-electron chi connectivity index (χ0n) is 8.60. The molecule has 0 aliphatic carbocycles. The van der Waals surface area contributed by atoms with Gasteiger partial charge in [0.1, 0.15) is 5.82 Å². The maximum Gasteiger partial charge on any atom is 0.356 e. The lowest BCUT2D eigenvalue weighted by atomic mass is 10.2. The van der Waals surface area contributed by atoms with Gasteiger partial charge in [-0.15, -0.1) is 0 Å². The van der Waals surface area contributed by atoms with Crippen molar-refractivity contribution in [3.63, 3.8) is 0 Å². The van der Waals surface area contributed by atoms with Gasteiger partial charge in [-0.2, -0.15) is 0 Å². The van der Waals surface area contributed by atoms with Gasteiger partial charge in [0.05, 0.1) is 12.9 Å². The average Bonchev–Trinajstić information content (AvgIpc) is 2.71. The number of benzene rings is 1. The molecule has 2 aromatic rings. The second kappa shape index (κ2) is 4.67. The zero-order chi connectivity index (χ0) is 12.4. The lowest BCUT2D eigenvalue weighted by molar-refractivity contribution is 0.0691. The van der Waals surface area contributed by atoms with Crippen molar-refractivity contribution in [2.24, 2.45) is 0 Å². The first-order valence-corrected chi connectivity index (χ1v) is 5.54. The molecule has 88 valence electrons. The van der Waals surface area contributed by atoms with E-state index in [0.29, 0.717) is 10.0 Å². The third-order valence-corrected chi connectivity index (χ3v) is 2.71. The minimum atomic E-state index is -1.10. The molecule has 17 heavy (non-hydrogen) atoms. The quantitative estimate of drug-likeness (QED) is 0.947. The number of carboxylic acid groups (broad SMARTS) is 1. The Morgan fingerprint density at radius 3 is 2.88 bits per heavy atom. The molecule has 4 nitrogen and oxygen atoms in total. The summed E-state index contributed by atoms with van der Waals surface area (Å²) in [4.78, 5) is 14.3. The van der Waals surface area contributed by atoms with Crippen LogP contribution < -0.4 is 0 Å². The van der Waals surface area contributed by atoms with Crippen LogP contribution in [0.25, 0.3) is 0 Å². The summed E-state index contributed by atoms with van der Waals surface area (Å²) < 4.78 is 15.7. The molecule has 1 aromatic heterocycles. The predicted molar refractivity (Wildman–Crippen MR) is 62.4 cm³/mol. The van der Waals surface area contributed by atoms with Gasteiger partial charge >= 0.3 is 5.97 Å². The van der Waals surface area contributed by atoms with E-state index in [0.717, 1.165) is 0 Å². The van der Waals surface area contributed by atoms with Crippen molar-refractivity contribution in [3.05, 3.63) is 52.3 Å². The van der Waals surface area contributed by atoms with Crippen molar-refractivity contribution in [2.45, 2.75) is 6.54 Å². The molecule has 0 saturated heterocycles. The molecule has 0 fully saturated rings. The predicted octanol–water partition coefficient (Wildman–Crippen LogP) is 2.53. The molecule has 0 aliphatic rings. The van der Waals surface area contributed by atoms with Crippen molar-refractivity contribution in [3.8, 4) is 0 Å². The van der Waals surface area contributed by atoms with Crippen molar-refractivity contribution in [1.82, 2.24) is 9.55 Å². The minimum Gasteiger partial charge on any atom is -0.476 e. The minimum absolute atomic E-state index is 0.0532. The van der Waals surface area contributed by atoms with Crippen LogP contribution in [0.5, 0.6) is 0 Å². The fraction of sp³-hybridized carbons (Fsp3) is 0.0909. The SMILES string of the molecule is O=C(O)c1cn(Cc2ccc(Br)cc2F)cn1. The van der Waals surface area contributed by atoms with E-state index in [-0.39, 0.29) is 18.1 Å². The molecule has 0 radical (unpaired) electrons. The van der Waals surface area contributed by atoms with E-state index in [1.54, 1.807) is 12.1 Å². The van der Waals surface area contributed by atoms with Crippen molar-refractivity contribution in [1.29, 1.82) is 0 Å². The number of carboxylic acids is 1.